The van der Waals surface area contributed by atoms with Crippen LogP contribution in [-0.4, -0.2) is 23.9 Å². The van der Waals surface area contributed by atoms with Gasteiger partial charge in [-0.1, -0.05) is 13.8 Å². The molecule has 0 amide bonds. The molecule has 0 unspecified atom stereocenters. The molecule has 0 bridgehead atoms. The summed E-state index contributed by atoms with van der Waals surface area (Å²) in [6.45, 7) is 3.05. The summed E-state index contributed by atoms with van der Waals surface area (Å²) >= 11 is 0. The molecule has 0 saturated heterocycles. The van der Waals surface area contributed by atoms with Gasteiger partial charge in [0.1, 0.15) is 35.4 Å². The van der Waals surface area contributed by atoms with Crippen molar-refractivity contribution in [2.45, 2.75) is 52.4 Å². The Morgan fingerprint density at radius 3 is 1.24 bits per heavy atom. The largest absolute Gasteiger partial charge is 0.393 e. The molecule has 0 aliphatic heterocycles. The van der Waals surface area contributed by atoms with Gasteiger partial charge in [-0.3, -0.25) is 19.2 Å². The normalized spacial score (nSPS) is 9.35. The Labute approximate surface area is 195 Å². The number of benzene rings is 1. The Morgan fingerprint density at radius 1 is 0.647 bits per heavy atom. The van der Waals surface area contributed by atoms with E-state index in [4.69, 9.17) is 0 Å². The van der Waals surface area contributed by atoms with Crippen molar-refractivity contribution in [3.63, 3.8) is 0 Å². The van der Waals surface area contributed by atoms with Gasteiger partial charge in [-0.15, -0.1) is 0 Å². The highest BCUT2D eigenvalue weighted by molar-refractivity contribution is 5.86. The van der Waals surface area contributed by atoms with Crippen molar-refractivity contribution in [1.82, 2.24) is 0 Å². The first-order valence-electron chi connectivity index (χ1n) is 10.2. The lowest BCUT2D eigenvalue weighted by Gasteiger charge is -2.09. The van der Waals surface area contributed by atoms with Gasteiger partial charge in [0.2, 0.25) is 0 Å². The molecule has 0 atom stereocenters. The predicted molar refractivity (Wildman–Crippen MR) is 114 cm³/mol. The third kappa shape index (κ3) is 7.71. The molecule has 0 aliphatic rings. The fourth-order valence-corrected chi connectivity index (χ4v) is 2.83. The van der Waals surface area contributed by atoms with E-state index in [1.54, 1.807) is 24.3 Å². The quantitative estimate of drug-likeness (QED) is 0.399. The number of ether oxygens (including phenoxy) is 2. The fraction of sp³-hybridized carbons (Fsp3) is 0.333. The van der Waals surface area contributed by atoms with Gasteiger partial charge < -0.3 is 9.47 Å². The van der Waals surface area contributed by atoms with Gasteiger partial charge in [0.05, 0.1) is 12.8 Å². The van der Waals surface area contributed by atoms with Crippen LogP contribution in [0.25, 0.3) is 11.1 Å². The zero-order valence-electron chi connectivity index (χ0n) is 18.6. The summed E-state index contributed by atoms with van der Waals surface area (Å²) in [4.78, 5) is 46.5. The molecule has 172 valence electrons. The topological polar surface area (TPSA) is 182 Å². The van der Waals surface area contributed by atoms with Crippen LogP contribution >= 0.6 is 0 Å². The molecule has 0 aromatic heterocycles. The Morgan fingerprint density at radius 2 is 0.971 bits per heavy atom. The molecule has 0 spiro atoms. The van der Waals surface area contributed by atoms with Crippen molar-refractivity contribution in [3.05, 3.63) is 33.7 Å². The minimum atomic E-state index is -0.813. The summed E-state index contributed by atoms with van der Waals surface area (Å²) < 4.78 is 9.24. The van der Waals surface area contributed by atoms with Crippen molar-refractivity contribution in [2.24, 2.45) is 0 Å². The molecular formula is C24H20N4O6. The average molecular weight is 460 g/mol. The predicted octanol–water partition coefficient (Wildman–Crippen LogP) is 0.907. The Kier molecular flexibility index (Phi) is 10.9. The van der Waals surface area contributed by atoms with Crippen molar-refractivity contribution in [3.8, 4) is 24.3 Å². The lowest BCUT2D eigenvalue weighted by molar-refractivity contribution is -0.161. The van der Waals surface area contributed by atoms with Crippen molar-refractivity contribution in [2.75, 3.05) is 0 Å². The second kappa shape index (κ2) is 13.6. The monoisotopic (exact) mass is 460 g/mol. The zero-order chi connectivity index (χ0) is 25.7. The molecule has 0 N–H and O–H groups in total. The third-order valence-electron chi connectivity index (χ3n) is 4.54. The third-order valence-corrected chi connectivity index (χ3v) is 4.54. The van der Waals surface area contributed by atoms with E-state index in [2.05, 4.69) is 9.47 Å². The summed E-state index contributed by atoms with van der Waals surface area (Å²) in [5, 5.41) is 37.8. The highest BCUT2D eigenvalue weighted by Crippen LogP contribution is 2.07. The maximum Gasteiger partial charge on any atom is 0.313 e. The minimum absolute atomic E-state index is 0.00553. The van der Waals surface area contributed by atoms with Gasteiger partial charge in [0, 0.05) is 23.3 Å². The molecule has 0 aliphatic carbocycles. The van der Waals surface area contributed by atoms with Crippen LogP contribution < -0.4 is 10.4 Å². The molecule has 10 heteroatoms. The van der Waals surface area contributed by atoms with Gasteiger partial charge in [0.25, 0.3) is 0 Å². The maximum atomic E-state index is 11.9. The smallest absolute Gasteiger partial charge is 0.313 e. The van der Waals surface area contributed by atoms with E-state index >= 15 is 0 Å². The lowest BCUT2D eigenvalue weighted by atomic mass is 9.95. The average Bonchev–Trinajstić information content (AvgIpc) is 2.83. The molecule has 0 heterocycles. The van der Waals surface area contributed by atoms with Gasteiger partial charge in [-0.2, -0.15) is 21.0 Å². The van der Waals surface area contributed by atoms with E-state index in [0.717, 1.165) is 0 Å². The highest BCUT2D eigenvalue weighted by Gasteiger charge is 2.15. The number of esters is 4. The Hall–Kier alpha value is -4.80. The van der Waals surface area contributed by atoms with Gasteiger partial charge >= 0.3 is 23.9 Å². The first kappa shape index (κ1) is 27.2. The molecule has 0 saturated carbocycles. The SMILES string of the molecule is CCC(=O)OC(=O)CCc1cc(=C(C#N)C#N)c(CCC(=O)OC(=O)CC)cc1=C(C#N)C#N. The van der Waals surface area contributed by atoms with Crippen molar-refractivity contribution >= 4 is 35.0 Å². The van der Waals surface area contributed by atoms with Crippen LogP contribution in [0.2, 0.25) is 0 Å². The molecule has 1 aromatic carbocycles. The van der Waals surface area contributed by atoms with E-state index in [0.29, 0.717) is 11.1 Å². The maximum absolute atomic E-state index is 11.9. The number of carbonyl (C=O) groups is 4. The summed E-state index contributed by atoms with van der Waals surface area (Å²) in [6.07, 6.45) is -0.620. The van der Waals surface area contributed by atoms with Crippen LogP contribution in [0.5, 0.6) is 0 Å². The molecule has 10 nitrogen and oxygen atoms in total. The summed E-state index contributed by atoms with van der Waals surface area (Å²) in [6, 6.07) is 9.78. The summed E-state index contributed by atoms with van der Waals surface area (Å²) in [7, 11) is 0. The van der Waals surface area contributed by atoms with Crippen molar-refractivity contribution in [1.29, 1.82) is 21.0 Å². The fourth-order valence-electron chi connectivity index (χ4n) is 2.83. The van der Waals surface area contributed by atoms with Crippen LogP contribution in [-0.2, 0) is 41.5 Å². The second-order valence-corrected chi connectivity index (χ2v) is 6.76. The lowest BCUT2D eigenvalue weighted by Crippen LogP contribution is -2.25. The first-order chi connectivity index (χ1) is 16.2. The van der Waals surface area contributed by atoms with Gasteiger partial charge in [0.15, 0.2) is 0 Å². The van der Waals surface area contributed by atoms with E-state index in [1.807, 2.05) is 0 Å². The van der Waals surface area contributed by atoms with Crippen LogP contribution in [0.1, 0.15) is 50.7 Å². The minimum Gasteiger partial charge on any atom is -0.393 e. The van der Waals surface area contributed by atoms with Crippen LogP contribution in [0.3, 0.4) is 0 Å². The number of nitrogens with zero attached hydrogens (tertiary/aromatic N) is 4. The van der Waals surface area contributed by atoms with Crippen LogP contribution in [0.15, 0.2) is 12.1 Å². The Balaban J connectivity index is 3.59. The van der Waals surface area contributed by atoms with E-state index in [-0.39, 0.29) is 60.1 Å². The zero-order valence-corrected chi connectivity index (χ0v) is 18.6. The number of hydrogen-bond acceptors (Lipinski definition) is 10. The summed E-state index contributed by atoms with van der Waals surface area (Å²) in [5.74, 6) is -3.04. The highest BCUT2D eigenvalue weighted by atomic mass is 16.6. The van der Waals surface area contributed by atoms with Crippen LogP contribution in [0.4, 0.5) is 0 Å². The van der Waals surface area contributed by atoms with E-state index < -0.39 is 23.9 Å². The molecule has 1 aromatic rings. The number of rotatable bonds is 8. The second-order valence-electron chi connectivity index (χ2n) is 6.76. The number of carbonyl (C=O) groups excluding carboxylic acids is 4. The van der Waals surface area contributed by atoms with E-state index in [1.165, 1.54) is 26.0 Å². The van der Waals surface area contributed by atoms with Crippen molar-refractivity contribution < 1.29 is 28.7 Å². The molecule has 1 rings (SSSR count). The number of aryl methyl sites for hydroxylation is 2. The number of hydrogen-bond donors (Lipinski definition) is 0. The standard InChI is InChI=1S/C24H20N4O6/c1-3-21(29)33-23(31)7-5-15-9-20(18(13-27)14-28)16(10-19(15)17(11-25)12-26)6-8-24(32)34-22(30)4-2/h9-10H,3-8H2,1-2H3. The molecule has 34 heavy (non-hydrogen) atoms. The molecule has 0 radical (unpaired) electrons. The molecular weight excluding hydrogens is 440 g/mol. The van der Waals surface area contributed by atoms with Gasteiger partial charge in [-0.05, 0) is 36.1 Å². The van der Waals surface area contributed by atoms with E-state index in [9.17, 15) is 40.2 Å². The van der Waals surface area contributed by atoms with Gasteiger partial charge in [-0.25, -0.2) is 0 Å². The Bertz CT molecular complexity index is 1170. The number of nitriles is 4. The summed E-state index contributed by atoms with van der Waals surface area (Å²) in [5.41, 5.74) is 0.00831. The molecule has 0 fully saturated rings. The van der Waals surface area contributed by atoms with Crippen LogP contribution in [0, 0.1) is 45.3 Å². The first-order valence-corrected chi connectivity index (χ1v) is 10.2.